The average Bonchev–Trinajstić information content (AvgIpc) is 3.06. The molecule has 0 spiro atoms. The van der Waals surface area contributed by atoms with Gasteiger partial charge in [0.15, 0.2) is 0 Å². The average molecular weight is 294 g/mol. The molecule has 0 radical (unpaired) electrons. The number of hydrogen-bond acceptors (Lipinski definition) is 6. The van der Waals surface area contributed by atoms with Gasteiger partial charge < -0.3 is 4.90 Å². The fraction of sp³-hybridized carbons (Fsp3) is 0.375. The van der Waals surface area contributed by atoms with Crippen molar-refractivity contribution in [3.05, 3.63) is 48.3 Å². The molecule has 1 atom stereocenters. The largest absolute Gasteiger partial charge is 0.369 e. The van der Waals surface area contributed by atoms with Crippen LogP contribution in [0.25, 0.3) is 0 Å². The minimum atomic E-state index is 0.456. The number of nitrogens with zero attached hydrogens (tertiary/aromatic N) is 6. The van der Waals surface area contributed by atoms with E-state index in [0.29, 0.717) is 11.7 Å². The lowest BCUT2D eigenvalue weighted by atomic mass is 10.2. The van der Waals surface area contributed by atoms with Gasteiger partial charge in [-0.1, -0.05) is 0 Å². The summed E-state index contributed by atoms with van der Waals surface area (Å²) in [5, 5.41) is 8.80. The molecule has 1 fully saturated rings. The second-order valence-corrected chi connectivity index (χ2v) is 5.48. The van der Waals surface area contributed by atoms with Gasteiger partial charge in [0, 0.05) is 31.5 Å². The Kier molecular flexibility index (Phi) is 4.26. The Balaban J connectivity index is 1.60. The van der Waals surface area contributed by atoms with Gasteiger partial charge in [0.25, 0.3) is 0 Å². The maximum atomic E-state index is 8.80. The first-order valence-electron chi connectivity index (χ1n) is 7.33. The van der Waals surface area contributed by atoms with Crippen LogP contribution in [-0.2, 0) is 6.54 Å². The summed E-state index contributed by atoms with van der Waals surface area (Å²) in [4.78, 5) is 17.3. The van der Waals surface area contributed by atoms with Crippen molar-refractivity contribution in [2.45, 2.75) is 19.0 Å². The highest BCUT2D eigenvalue weighted by atomic mass is 15.3. The van der Waals surface area contributed by atoms with Gasteiger partial charge in [0.05, 0.1) is 18.4 Å². The van der Waals surface area contributed by atoms with Crippen LogP contribution in [0.4, 0.5) is 5.69 Å². The van der Waals surface area contributed by atoms with E-state index in [-0.39, 0.29) is 0 Å². The van der Waals surface area contributed by atoms with Gasteiger partial charge in [0.1, 0.15) is 17.6 Å². The summed E-state index contributed by atoms with van der Waals surface area (Å²) < 4.78 is 0. The molecule has 2 aromatic heterocycles. The summed E-state index contributed by atoms with van der Waals surface area (Å²) >= 11 is 0. The normalized spacial score (nSPS) is 17.7. The maximum absolute atomic E-state index is 8.80. The lowest BCUT2D eigenvalue weighted by Crippen LogP contribution is -2.34. The molecular weight excluding hydrogens is 276 g/mol. The topological polar surface area (TPSA) is 68.9 Å². The predicted octanol–water partition coefficient (Wildman–Crippen LogP) is 1.45. The zero-order valence-electron chi connectivity index (χ0n) is 12.6. The Hall–Kier alpha value is -2.52. The Labute approximate surface area is 130 Å². The first-order chi connectivity index (χ1) is 10.8. The quantitative estimate of drug-likeness (QED) is 0.850. The van der Waals surface area contributed by atoms with E-state index in [9.17, 15) is 0 Å². The lowest BCUT2D eigenvalue weighted by Gasteiger charge is -2.24. The number of likely N-dealkylation sites (N-methyl/N-ethyl adjacent to an activating group) is 1. The summed E-state index contributed by atoms with van der Waals surface area (Å²) in [7, 11) is 2.11. The Morgan fingerprint density at radius 3 is 2.82 bits per heavy atom. The number of nitriles is 1. The molecule has 6 nitrogen and oxygen atoms in total. The Morgan fingerprint density at radius 2 is 2.14 bits per heavy atom. The van der Waals surface area contributed by atoms with E-state index in [0.717, 1.165) is 37.6 Å². The summed E-state index contributed by atoms with van der Waals surface area (Å²) in [6.45, 7) is 2.71. The molecule has 3 rings (SSSR count). The second kappa shape index (κ2) is 6.50. The fourth-order valence-electron chi connectivity index (χ4n) is 2.74. The highest BCUT2D eigenvalue weighted by Gasteiger charge is 2.26. The fourth-order valence-corrected chi connectivity index (χ4v) is 2.74. The molecule has 1 aliphatic heterocycles. The van der Waals surface area contributed by atoms with Gasteiger partial charge in [-0.15, -0.1) is 0 Å². The van der Waals surface area contributed by atoms with Gasteiger partial charge in [0.2, 0.25) is 0 Å². The van der Waals surface area contributed by atoms with E-state index in [1.807, 2.05) is 18.2 Å². The van der Waals surface area contributed by atoms with E-state index in [1.54, 1.807) is 24.7 Å². The third kappa shape index (κ3) is 3.21. The smallest absolute Gasteiger partial charge is 0.142 e. The molecule has 1 saturated heterocycles. The highest BCUT2D eigenvalue weighted by Crippen LogP contribution is 2.22. The van der Waals surface area contributed by atoms with Crippen LogP contribution in [0, 0.1) is 11.3 Å². The highest BCUT2D eigenvalue weighted by molar-refractivity contribution is 5.47. The molecule has 3 heterocycles. The minimum absolute atomic E-state index is 0.456. The third-order valence-electron chi connectivity index (χ3n) is 4.02. The number of rotatable bonds is 4. The zero-order valence-corrected chi connectivity index (χ0v) is 12.6. The number of pyridine rings is 1. The SMILES string of the molecule is CN(Cc1ncccn1)C1CCN(c2ccc(C#N)nc2)C1. The van der Waals surface area contributed by atoms with Crippen LogP contribution in [0.2, 0.25) is 0 Å². The van der Waals surface area contributed by atoms with Crippen LogP contribution in [0.5, 0.6) is 0 Å². The van der Waals surface area contributed by atoms with Crippen LogP contribution in [0.3, 0.4) is 0 Å². The van der Waals surface area contributed by atoms with Crippen LogP contribution in [0.15, 0.2) is 36.8 Å². The van der Waals surface area contributed by atoms with Crippen molar-refractivity contribution in [3.8, 4) is 6.07 Å². The van der Waals surface area contributed by atoms with Crippen LogP contribution in [0.1, 0.15) is 17.9 Å². The number of anilines is 1. The summed E-state index contributed by atoms with van der Waals surface area (Å²) in [6.07, 6.45) is 6.43. The molecule has 0 aliphatic carbocycles. The molecule has 1 aliphatic rings. The maximum Gasteiger partial charge on any atom is 0.142 e. The van der Waals surface area contributed by atoms with Crippen molar-refractivity contribution in [1.29, 1.82) is 5.26 Å². The van der Waals surface area contributed by atoms with E-state index >= 15 is 0 Å². The van der Waals surface area contributed by atoms with Crippen molar-refractivity contribution < 1.29 is 0 Å². The standard InChI is InChI=1S/C16H18N6/c1-21(12-16-18-6-2-7-19-16)15-5-8-22(11-15)14-4-3-13(9-17)20-10-14/h2-4,6-7,10,15H,5,8,11-12H2,1H3. The van der Waals surface area contributed by atoms with Crippen LogP contribution < -0.4 is 4.90 Å². The molecule has 112 valence electrons. The van der Waals surface area contributed by atoms with Gasteiger partial charge in [-0.2, -0.15) is 5.26 Å². The van der Waals surface area contributed by atoms with Crippen molar-refractivity contribution in [2.24, 2.45) is 0 Å². The molecule has 0 amide bonds. The third-order valence-corrected chi connectivity index (χ3v) is 4.02. The van der Waals surface area contributed by atoms with Crippen molar-refractivity contribution in [1.82, 2.24) is 19.9 Å². The summed E-state index contributed by atoms with van der Waals surface area (Å²) in [5.74, 6) is 0.850. The minimum Gasteiger partial charge on any atom is -0.369 e. The van der Waals surface area contributed by atoms with Crippen LogP contribution >= 0.6 is 0 Å². The summed E-state index contributed by atoms with van der Waals surface area (Å²) in [6, 6.07) is 8.09. The number of aromatic nitrogens is 3. The number of hydrogen-bond donors (Lipinski definition) is 0. The van der Waals surface area contributed by atoms with Gasteiger partial charge in [-0.25, -0.2) is 15.0 Å². The van der Waals surface area contributed by atoms with Crippen molar-refractivity contribution in [3.63, 3.8) is 0 Å². The van der Waals surface area contributed by atoms with E-state index in [2.05, 4.69) is 31.8 Å². The summed E-state index contributed by atoms with van der Waals surface area (Å²) in [5.41, 5.74) is 1.53. The van der Waals surface area contributed by atoms with E-state index < -0.39 is 0 Å². The van der Waals surface area contributed by atoms with Gasteiger partial charge in [-0.3, -0.25) is 4.90 Å². The molecular formula is C16H18N6. The molecule has 6 heteroatoms. The molecule has 0 aromatic carbocycles. The molecule has 22 heavy (non-hydrogen) atoms. The predicted molar refractivity (Wildman–Crippen MR) is 83.1 cm³/mol. The Bertz CT molecular complexity index is 649. The first-order valence-corrected chi connectivity index (χ1v) is 7.33. The van der Waals surface area contributed by atoms with Crippen molar-refractivity contribution >= 4 is 5.69 Å². The van der Waals surface area contributed by atoms with E-state index in [1.165, 1.54) is 0 Å². The zero-order chi connectivity index (χ0) is 15.4. The van der Waals surface area contributed by atoms with Crippen LogP contribution in [-0.4, -0.2) is 46.0 Å². The van der Waals surface area contributed by atoms with E-state index in [4.69, 9.17) is 5.26 Å². The monoisotopic (exact) mass is 294 g/mol. The van der Waals surface area contributed by atoms with Crippen molar-refractivity contribution in [2.75, 3.05) is 25.0 Å². The molecule has 0 saturated carbocycles. The van der Waals surface area contributed by atoms with Gasteiger partial charge >= 0.3 is 0 Å². The molecule has 0 N–H and O–H groups in total. The molecule has 1 unspecified atom stereocenters. The van der Waals surface area contributed by atoms with Gasteiger partial charge in [-0.05, 0) is 31.7 Å². The molecule has 0 bridgehead atoms. The molecule has 2 aromatic rings. The Morgan fingerprint density at radius 1 is 1.32 bits per heavy atom. The first kappa shape index (κ1) is 14.4. The second-order valence-electron chi connectivity index (χ2n) is 5.48. The lowest BCUT2D eigenvalue weighted by molar-refractivity contribution is 0.244.